The molecular formula is C29H40N4O2. The third kappa shape index (κ3) is 5.75. The van der Waals surface area contributed by atoms with Gasteiger partial charge in [-0.15, -0.1) is 0 Å². The van der Waals surface area contributed by atoms with Gasteiger partial charge in [0.2, 0.25) is 11.8 Å². The van der Waals surface area contributed by atoms with E-state index in [1.165, 1.54) is 12.0 Å². The molecule has 2 heterocycles. The van der Waals surface area contributed by atoms with Crippen molar-refractivity contribution in [2.75, 3.05) is 18.5 Å². The van der Waals surface area contributed by atoms with Crippen molar-refractivity contribution in [1.82, 2.24) is 15.2 Å². The Morgan fingerprint density at radius 2 is 1.71 bits per heavy atom. The molecular weight excluding hydrogens is 436 g/mol. The molecule has 2 aromatic rings. The van der Waals surface area contributed by atoms with Gasteiger partial charge in [0.15, 0.2) is 0 Å². The van der Waals surface area contributed by atoms with E-state index in [2.05, 4.69) is 43.2 Å². The largest absolute Gasteiger partial charge is 0.341 e. The van der Waals surface area contributed by atoms with E-state index in [0.29, 0.717) is 0 Å². The Balaban J connectivity index is 1.77. The Morgan fingerprint density at radius 1 is 1.00 bits per heavy atom. The number of anilines is 1. The van der Waals surface area contributed by atoms with Crippen LogP contribution >= 0.6 is 0 Å². The lowest BCUT2D eigenvalue weighted by Gasteiger charge is -2.38. The van der Waals surface area contributed by atoms with Gasteiger partial charge in [-0.25, -0.2) is 0 Å². The Hall–Kier alpha value is -2.73. The van der Waals surface area contributed by atoms with Crippen LogP contribution in [0.2, 0.25) is 0 Å². The third-order valence-corrected chi connectivity index (χ3v) is 7.57. The first kappa shape index (κ1) is 25.4. The smallest absolute Gasteiger partial charge is 0.250 e. The number of carbonyl (C=O) groups is 2. The first-order valence-corrected chi connectivity index (χ1v) is 13.1. The molecule has 2 fully saturated rings. The molecule has 6 heteroatoms. The van der Waals surface area contributed by atoms with Crippen LogP contribution < -0.4 is 10.2 Å². The second-order valence-electron chi connectivity index (χ2n) is 11.1. The fourth-order valence-corrected chi connectivity index (χ4v) is 5.37. The van der Waals surface area contributed by atoms with Gasteiger partial charge < -0.3 is 10.2 Å². The minimum Gasteiger partial charge on any atom is -0.341 e. The highest BCUT2D eigenvalue weighted by Crippen LogP contribution is 2.34. The van der Waals surface area contributed by atoms with E-state index in [9.17, 15) is 9.59 Å². The lowest BCUT2D eigenvalue weighted by atomic mass is 9.87. The molecule has 1 aromatic carbocycles. The maximum Gasteiger partial charge on any atom is 0.250 e. The Labute approximate surface area is 210 Å². The van der Waals surface area contributed by atoms with Crippen molar-refractivity contribution in [2.45, 2.75) is 89.3 Å². The van der Waals surface area contributed by atoms with Gasteiger partial charge in [0.25, 0.3) is 0 Å². The summed E-state index contributed by atoms with van der Waals surface area (Å²) < 4.78 is 0. The summed E-state index contributed by atoms with van der Waals surface area (Å²) in [5.41, 5.74) is 2.68. The molecule has 2 atom stereocenters. The van der Waals surface area contributed by atoms with Crippen LogP contribution in [0.5, 0.6) is 0 Å². The van der Waals surface area contributed by atoms with Gasteiger partial charge >= 0.3 is 0 Å². The fraction of sp³-hybridized carbons (Fsp3) is 0.552. The lowest BCUT2D eigenvalue weighted by Crippen LogP contribution is -2.52. The zero-order valence-electron chi connectivity index (χ0n) is 21.7. The predicted octanol–water partition coefficient (Wildman–Crippen LogP) is 5.00. The van der Waals surface area contributed by atoms with Gasteiger partial charge in [-0.05, 0) is 61.4 Å². The molecule has 4 rings (SSSR count). The summed E-state index contributed by atoms with van der Waals surface area (Å²) in [6.07, 6.45) is 10.7. The van der Waals surface area contributed by atoms with Crippen LogP contribution in [0.15, 0.2) is 48.8 Å². The zero-order chi connectivity index (χ0) is 25.0. The topological polar surface area (TPSA) is 65.5 Å². The number of nitrogens with zero attached hydrogens (tertiary/aromatic N) is 3. The molecule has 1 N–H and O–H groups in total. The highest BCUT2D eigenvalue weighted by molar-refractivity contribution is 6.03. The van der Waals surface area contributed by atoms with E-state index >= 15 is 0 Å². The van der Waals surface area contributed by atoms with E-state index < -0.39 is 6.04 Å². The second kappa shape index (κ2) is 10.9. The zero-order valence-corrected chi connectivity index (χ0v) is 21.7. The maximum atomic E-state index is 14.2. The number of pyridine rings is 1. The van der Waals surface area contributed by atoms with Gasteiger partial charge in [0, 0.05) is 36.7 Å². The molecule has 0 radical (unpaired) electrons. The molecule has 0 bridgehead atoms. The predicted molar refractivity (Wildman–Crippen MR) is 140 cm³/mol. The summed E-state index contributed by atoms with van der Waals surface area (Å²) in [5, 5.41) is 3.35. The highest BCUT2D eigenvalue weighted by atomic mass is 16.2. The van der Waals surface area contributed by atoms with Crippen molar-refractivity contribution in [3.8, 4) is 0 Å². The molecule has 1 saturated carbocycles. The summed E-state index contributed by atoms with van der Waals surface area (Å²) in [6, 6.07) is 11.1. The summed E-state index contributed by atoms with van der Waals surface area (Å²) in [5.74, 6) is -0.0959. The molecule has 1 aliphatic heterocycles. The summed E-state index contributed by atoms with van der Waals surface area (Å²) >= 11 is 0. The number of rotatable bonds is 6. The summed E-state index contributed by atoms with van der Waals surface area (Å²) in [7, 11) is 1.90. The molecule has 0 spiro atoms. The van der Waals surface area contributed by atoms with E-state index in [0.717, 1.165) is 56.3 Å². The molecule has 6 nitrogen and oxygen atoms in total. The van der Waals surface area contributed by atoms with Gasteiger partial charge in [-0.2, -0.15) is 0 Å². The lowest BCUT2D eigenvalue weighted by molar-refractivity contribution is -0.136. The van der Waals surface area contributed by atoms with Crippen LogP contribution in [0, 0.1) is 0 Å². The van der Waals surface area contributed by atoms with Crippen LogP contribution in [0.4, 0.5) is 5.69 Å². The highest BCUT2D eigenvalue weighted by Gasteiger charge is 2.39. The first-order chi connectivity index (χ1) is 16.8. The van der Waals surface area contributed by atoms with E-state index in [-0.39, 0.29) is 29.3 Å². The molecule has 1 aliphatic carbocycles. The second-order valence-corrected chi connectivity index (χ2v) is 11.1. The number of nitrogens with one attached hydrogen (secondary N) is 1. The van der Waals surface area contributed by atoms with Crippen molar-refractivity contribution in [2.24, 2.45) is 0 Å². The first-order valence-electron chi connectivity index (χ1n) is 13.1. The Kier molecular flexibility index (Phi) is 7.90. The third-order valence-electron chi connectivity index (χ3n) is 7.57. The minimum absolute atomic E-state index is 0.000147. The number of benzene rings is 1. The molecule has 0 unspecified atom stereocenters. The number of likely N-dealkylation sites (N-methyl/N-ethyl adjacent to an activating group) is 1. The van der Waals surface area contributed by atoms with E-state index in [1.807, 2.05) is 36.2 Å². The molecule has 1 aromatic heterocycles. The number of carbonyl (C=O) groups excluding carboxylic acids is 2. The normalized spacial score (nSPS) is 19.8. The number of hydrogen-bond acceptors (Lipinski definition) is 4. The standard InChI is InChI=1S/C29H40N4O2/c1-29(2,3)22-14-16-24(17-15-22)33(27(34)25-13-9-19-31-25)26(21-10-8-18-30-20-21)28(35)32(4)23-11-6-5-7-12-23/h8,10,14-18,20,23,25-26,31H,5-7,9,11-13,19H2,1-4H3/t25-,26-/m1/s1. The molecule has 2 aliphatic rings. The SMILES string of the molecule is CN(C(=O)[C@@H](c1cccnc1)N(C(=O)[C@H]1CCCN1)c1ccc(C(C)(C)C)cc1)C1CCCCC1. The van der Waals surface area contributed by atoms with Crippen molar-refractivity contribution >= 4 is 17.5 Å². The van der Waals surface area contributed by atoms with Crippen LogP contribution in [0.3, 0.4) is 0 Å². The number of hydrogen-bond donors (Lipinski definition) is 1. The van der Waals surface area contributed by atoms with Crippen molar-refractivity contribution in [3.05, 3.63) is 59.9 Å². The fourth-order valence-electron chi connectivity index (χ4n) is 5.37. The molecule has 35 heavy (non-hydrogen) atoms. The van der Waals surface area contributed by atoms with Gasteiger partial charge in [-0.3, -0.25) is 19.5 Å². The van der Waals surface area contributed by atoms with Crippen molar-refractivity contribution < 1.29 is 9.59 Å². The van der Waals surface area contributed by atoms with Crippen LogP contribution in [-0.2, 0) is 15.0 Å². The van der Waals surface area contributed by atoms with Crippen LogP contribution in [-0.4, -0.2) is 47.4 Å². The summed E-state index contributed by atoms with van der Waals surface area (Å²) in [6.45, 7) is 7.35. The Morgan fingerprint density at radius 3 is 2.29 bits per heavy atom. The average molecular weight is 477 g/mol. The van der Waals surface area contributed by atoms with Crippen LogP contribution in [0.25, 0.3) is 0 Å². The Bertz CT molecular complexity index is 988. The van der Waals surface area contributed by atoms with Gasteiger partial charge in [-0.1, -0.05) is 58.2 Å². The monoisotopic (exact) mass is 476 g/mol. The maximum absolute atomic E-state index is 14.2. The quantitative estimate of drug-likeness (QED) is 0.637. The average Bonchev–Trinajstić information content (AvgIpc) is 3.42. The molecule has 2 amide bonds. The van der Waals surface area contributed by atoms with Crippen LogP contribution in [0.1, 0.15) is 82.9 Å². The molecule has 1 saturated heterocycles. The van der Waals surface area contributed by atoms with Gasteiger partial charge in [0.1, 0.15) is 6.04 Å². The summed E-state index contributed by atoms with van der Waals surface area (Å²) in [4.78, 5) is 36.1. The van der Waals surface area contributed by atoms with Crippen molar-refractivity contribution in [3.63, 3.8) is 0 Å². The molecule has 188 valence electrons. The minimum atomic E-state index is -0.758. The number of aromatic nitrogens is 1. The van der Waals surface area contributed by atoms with Crippen molar-refractivity contribution in [1.29, 1.82) is 0 Å². The number of amides is 2. The van der Waals surface area contributed by atoms with Gasteiger partial charge in [0.05, 0.1) is 6.04 Å². The van der Waals surface area contributed by atoms with E-state index in [4.69, 9.17) is 0 Å². The van der Waals surface area contributed by atoms with E-state index in [1.54, 1.807) is 17.3 Å².